The molecular formula is C16H28N2O. The number of carbonyl (C=O) groups excluding carboxylic acids is 1. The summed E-state index contributed by atoms with van der Waals surface area (Å²) in [5.74, 6) is 1.80. The maximum absolute atomic E-state index is 12.8. The molecule has 1 heterocycles. The van der Waals surface area contributed by atoms with Crippen molar-refractivity contribution >= 4 is 5.91 Å². The van der Waals surface area contributed by atoms with Crippen molar-refractivity contribution in [2.75, 3.05) is 0 Å². The molecule has 3 heteroatoms. The molecule has 0 aromatic carbocycles. The van der Waals surface area contributed by atoms with E-state index in [-0.39, 0.29) is 5.54 Å². The van der Waals surface area contributed by atoms with Crippen LogP contribution in [0.15, 0.2) is 0 Å². The molecule has 108 valence electrons. The van der Waals surface area contributed by atoms with Crippen molar-refractivity contribution < 1.29 is 4.79 Å². The van der Waals surface area contributed by atoms with Crippen LogP contribution in [0.25, 0.3) is 0 Å². The summed E-state index contributed by atoms with van der Waals surface area (Å²) >= 11 is 0. The molecule has 0 bridgehead atoms. The average molecular weight is 264 g/mol. The average Bonchev–Trinajstić information content (AvgIpc) is 3.12. The summed E-state index contributed by atoms with van der Waals surface area (Å²) in [5.41, 5.74) is -0.139. The Bertz CT molecular complexity index is 362. The van der Waals surface area contributed by atoms with Gasteiger partial charge in [-0.05, 0) is 43.9 Å². The lowest BCUT2D eigenvalue weighted by atomic mass is 9.77. The van der Waals surface area contributed by atoms with Crippen molar-refractivity contribution in [3.8, 4) is 0 Å². The predicted octanol–water partition coefficient (Wildman–Crippen LogP) is 2.90. The van der Waals surface area contributed by atoms with Crippen LogP contribution in [0.5, 0.6) is 0 Å². The van der Waals surface area contributed by atoms with Crippen LogP contribution in [-0.2, 0) is 4.79 Å². The standard InChI is InChI=1S/C16H28N2O/c1-4-14-17-16(9-10-16)15(19)18(14)13-8-6-5-7-12(13)11(2)3/h11-14,17H,4-10H2,1-3H3. The third-order valence-corrected chi connectivity index (χ3v) is 5.55. The van der Waals surface area contributed by atoms with Gasteiger partial charge in [0.25, 0.3) is 0 Å². The monoisotopic (exact) mass is 264 g/mol. The van der Waals surface area contributed by atoms with E-state index in [1.165, 1.54) is 25.7 Å². The molecule has 3 rings (SSSR count). The zero-order valence-electron chi connectivity index (χ0n) is 12.6. The second kappa shape index (κ2) is 4.76. The first kappa shape index (κ1) is 13.4. The minimum Gasteiger partial charge on any atom is -0.322 e. The lowest BCUT2D eigenvalue weighted by Gasteiger charge is -2.42. The van der Waals surface area contributed by atoms with E-state index in [4.69, 9.17) is 0 Å². The van der Waals surface area contributed by atoms with E-state index in [1.807, 2.05) is 0 Å². The van der Waals surface area contributed by atoms with Crippen molar-refractivity contribution in [3.63, 3.8) is 0 Å². The van der Waals surface area contributed by atoms with Crippen molar-refractivity contribution in [2.24, 2.45) is 11.8 Å². The molecule has 1 spiro atoms. The van der Waals surface area contributed by atoms with Crippen molar-refractivity contribution in [1.29, 1.82) is 0 Å². The summed E-state index contributed by atoms with van der Waals surface area (Å²) < 4.78 is 0. The zero-order chi connectivity index (χ0) is 13.6. The first-order valence-corrected chi connectivity index (χ1v) is 8.19. The number of nitrogens with one attached hydrogen (secondary N) is 1. The molecule has 1 amide bonds. The van der Waals surface area contributed by atoms with Gasteiger partial charge >= 0.3 is 0 Å². The second-order valence-electron chi connectivity index (χ2n) is 7.12. The molecule has 19 heavy (non-hydrogen) atoms. The number of hydrogen-bond donors (Lipinski definition) is 1. The van der Waals surface area contributed by atoms with Gasteiger partial charge < -0.3 is 4.90 Å². The maximum atomic E-state index is 12.8. The van der Waals surface area contributed by atoms with E-state index in [0.29, 0.717) is 30.0 Å². The summed E-state index contributed by atoms with van der Waals surface area (Å²) in [6.07, 6.45) is 8.58. The van der Waals surface area contributed by atoms with Crippen molar-refractivity contribution in [1.82, 2.24) is 10.2 Å². The first-order chi connectivity index (χ1) is 9.09. The first-order valence-electron chi connectivity index (χ1n) is 8.19. The fourth-order valence-electron chi connectivity index (χ4n) is 4.27. The number of amides is 1. The summed E-state index contributed by atoms with van der Waals surface area (Å²) in [6.45, 7) is 6.85. The zero-order valence-corrected chi connectivity index (χ0v) is 12.6. The lowest BCUT2D eigenvalue weighted by molar-refractivity contribution is -0.135. The SMILES string of the molecule is CCC1NC2(CC2)C(=O)N1C1CCCCC1C(C)C. The van der Waals surface area contributed by atoms with Gasteiger partial charge in [0.05, 0.1) is 11.7 Å². The fourth-order valence-corrected chi connectivity index (χ4v) is 4.27. The largest absolute Gasteiger partial charge is 0.322 e. The number of carbonyl (C=O) groups is 1. The van der Waals surface area contributed by atoms with Gasteiger partial charge in [0.15, 0.2) is 0 Å². The molecule has 1 saturated heterocycles. The topological polar surface area (TPSA) is 32.3 Å². The summed E-state index contributed by atoms with van der Waals surface area (Å²) in [5, 5.41) is 3.62. The third kappa shape index (κ3) is 2.10. The molecule has 3 nitrogen and oxygen atoms in total. The number of rotatable bonds is 3. The number of nitrogens with zero attached hydrogens (tertiary/aromatic N) is 1. The Morgan fingerprint density at radius 1 is 1.32 bits per heavy atom. The molecule has 1 aliphatic heterocycles. The van der Waals surface area contributed by atoms with Gasteiger partial charge in [0.1, 0.15) is 0 Å². The molecule has 3 fully saturated rings. The molecule has 3 atom stereocenters. The Morgan fingerprint density at radius 3 is 2.58 bits per heavy atom. The molecular weight excluding hydrogens is 236 g/mol. The van der Waals surface area contributed by atoms with Gasteiger partial charge in [0.2, 0.25) is 5.91 Å². The Hall–Kier alpha value is -0.570. The number of hydrogen-bond acceptors (Lipinski definition) is 2. The normalized spacial score (nSPS) is 37.4. The second-order valence-corrected chi connectivity index (χ2v) is 7.12. The van der Waals surface area contributed by atoms with Gasteiger partial charge in [0, 0.05) is 6.04 Å². The smallest absolute Gasteiger partial charge is 0.244 e. The van der Waals surface area contributed by atoms with Gasteiger partial charge in [-0.3, -0.25) is 10.1 Å². The molecule has 0 radical (unpaired) electrons. The van der Waals surface area contributed by atoms with E-state index in [9.17, 15) is 4.79 Å². The molecule has 2 aliphatic carbocycles. The van der Waals surface area contributed by atoms with Crippen LogP contribution in [0.1, 0.15) is 65.7 Å². The third-order valence-electron chi connectivity index (χ3n) is 5.55. The summed E-state index contributed by atoms with van der Waals surface area (Å²) in [4.78, 5) is 15.1. The highest BCUT2D eigenvalue weighted by Crippen LogP contribution is 2.46. The summed E-state index contributed by atoms with van der Waals surface area (Å²) in [7, 11) is 0. The van der Waals surface area contributed by atoms with E-state index >= 15 is 0 Å². The van der Waals surface area contributed by atoms with E-state index in [1.54, 1.807) is 0 Å². The molecule has 3 aliphatic rings. The quantitative estimate of drug-likeness (QED) is 0.850. The minimum atomic E-state index is -0.139. The van der Waals surface area contributed by atoms with Gasteiger partial charge in [-0.25, -0.2) is 0 Å². The predicted molar refractivity (Wildman–Crippen MR) is 76.6 cm³/mol. The van der Waals surface area contributed by atoms with E-state index in [0.717, 1.165) is 19.3 Å². The Morgan fingerprint density at radius 2 is 2.00 bits per heavy atom. The van der Waals surface area contributed by atoms with E-state index < -0.39 is 0 Å². The Labute approximate surface area is 117 Å². The van der Waals surface area contributed by atoms with Crippen LogP contribution in [0.4, 0.5) is 0 Å². The maximum Gasteiger partial charge on any atom is 0.244 e. The highest BCUT2D eigenvalue weighted by molar-refractivity contribution is 5.92. The van der Waals surface area contributed by atoms with Crippen molar-refractivity contribution in [3.05, 3.63) is 0 Å². The van der Waals surface area contributed by atoms with Gasteiger partial charge in [-0.15, -0.1) is 0 Å². The Balaban J connectivity index is 1.83. The lowest BCUT2D eigenvalue weighted by Crippen LogP contribution is -2.50. The van der Waals surface area contributed by atoms with Crippen LogP contribution in [0.3, 0.4) is 0 Å². The van der Waals surface area contributed by atoms with Crippen LogP contribution < -0.4 is 5.32 Å². The molecule has 1 N–H and O–H groups in total. The fraction of sp³-hybridized carbons (Fsp3) is 0.938. The molecule has 0 aromatic rings. The molecule has 2 saturated carbocycles. The van der Waals surface area contributed by atoms with Crippen molar-refractivity contribution in [2.45, 2.75) is 83.5 Å². The van der Waals surface area contributed by atoms with Crippen LogP contribution in [-0.4, -0.2) is 28.6 Å². The van der Waals surface area contributed by atoms with Crippen LogP contribution in [0, 0.1) is 11.8 Å². The highest BCUT2D eigenvalue weighted by Gasteiger charge is 2.60. The van der Waals surface area contributed by atoms with Gasteiger partial charge in [-0.1, -0.05) is 33.6 Å². The van der Waals surface area contributed by atoms with E-state index in [2.05, 4.69) is 31.0 Å². The molecule has 0 aromatic heterocycles. The van der Waals surface area contributed by atoms with Gasteiger partial charge in [-0.2, -0.15) is 0 Å². The summed E-state index contributed by atoms with van der Waals surface area (Å²) in [6, 6.07) is 0.485. The molecule has 3 unspecified atom stereocenters. The van der Waals surface area contributed by atoms with Crippen LogP contribution >= 0.6 is 0 Å². The Kier molecular flexibility index (Phi) is 3.36. The highest BCUT2D eigenvalue weighted by atomic mass is 16.2. The minimum absolute atomic E-state index is 0.139. The van der Waals surface area contributed by atoms with Crippen LogP contribution in [0.2, 0.25) is 0 Å².